The monoisotopic (exact) mass is 345 g/mol. The fourth-order valence-corrected chi connectivity index (χ4v) is 2.64. The predicted molar refractivity (Wildman–Crippen MR) is 87.5 cm³/mol. The van der Waals surface area contributed by atoms with Gasteiger partial charge in [-0.3, -0.25) is 0 Å². The molecular formula is C17H16BrNO2. The van der Waals surface area contributed by atoms with Gasteiger partial charge >= 0.3 is 0 Å². The molecule has 0 unspecified atom stereocenters. The van der Waals surface area contributed by atoms with Crippen LogP contribution in [0.4, 0.5) is 0 Å². The molecular weight excluding hydrogens is 330 g/mol. The van der Waals surface area contributed by atoms with Crippen molar-refractivity contribution in [1.82, 2.24) is 5.32 Å². The summed E-state index contributed by atoms with van der Waals surface area (Å²) in [7, 11) is 1.90. The van der Waals surface area contributed by atoms with Gasteiger partial charge in [-0.15, -0.1) is 0 Å². The van der Waals surface area contributed by atoms with Crippen LogP contribution in [0.5, 0.6) is 5.75 Å². The Morgan fingerprint density at radius 2 is 1.90 bits per heavy atom. The summed E-state index contributed by atoms with van der Waals surface area (Å²) in [4.78, 5) is 0. The molecule has 0 atom stereocenters. The number of fused-ring (bicyclic) bond motifs is 1. The fraction of sp³-hybridized carbons (Fsp3) is 0.176. The van der Waals surface area contributed by atoms with Crippen molar-refractivity contribution in [3.05, 3.63) is 64.5 Å². The van der Waals surface area contributed by atoms with Crippen LogP contribution in [0.1, 0.15) is 11.3 Å². The van der Waals surface area contributed by atoms with Crippen molar-refractivity contribution in [3.8, 4) is 5.75 Å². The lowest BCUT2D eigenvalue weighted by Crippen LogP contribution is -2.07. The molecule has 1 N–H and O–H groups in total. The number of ether oxygens (including phenoxy) is 1. The largest absolute Gasteiger partial charge is 0.489 e. The van der Waals surface area contributed by atoms with E-state index >= 15 is 0 Å². The van der Waals surface area contributed by atoms with Gasteiger partial charge in [0.1, 0.15) is 18.1 Å². The second-order valence-corrected chi connectivity index (χ2v) is 5.76. The highest BCUT2D eigenvalue weighted by Crippen LogP contribution is 2.25. The highest BCUT2D eigenvalue weighted by atomic mass is 79.9. The highest BCUT2D eigenvalue weighted by Gasteiger charge is 2.06. The molecule has 0 amide bonds. The van der Waals surface area contributed by atoms with Gasteiger partial charge in [0.05, 0.1) is 12.8 Å². The molecule has 3 nitrogen and oxygen atoms in total. The molecule has 0 aliphatic carbocycles. The third-order valence-corrected chi connectivity index (χ3v) is 3.84. The molecule has 3 aromatic rings. The Morgan fingerprint density at radius 3 is 2.76 bits per heavy atom. The van der Waals surface area contributed by atoms with Gasteiger partial charge in [-0.2, -0.15) is 0 Å². The second-order valence-electron chi connectivity index (χ2n) is 4.84. The summed E-state index contributed by atoms with van der Waals surface area (Å²) in [6.07, 6.45) is 1.70. The first-order chi connectivity index (χ1) is 10.3. The maximum atomic E-state index is 5.88. The Kier molecular flexibility index (Phi) is 4.27. The molecule has 0 saturated carbocycles. The average Bonchev–Trinajstić information content (AvgIpc) is 2.93. The number of furan rings is 1. The van der Waals surface area contributed by atoms with Gasteiger partial charge in [0.2, 0.25) is 0 Å². The molecule has 2 aromatic carbocycles. The van der Waals surface area contributed by atoms with Crippen LogP contribution in [0.15, 0.2) is 57.6 Å². The molecule has 0 radical (unpaired) electrons. The lowest BCUT2D eigenvalue weighted by Gasteiger charge is -2.08. The van der Waals surface area contributed by atoms with Gasteiger partial charge in [0.15, 0.2) is 0 Å². The average molecular weight is 346 g/mol. The molecule has 0 fully saturated rings. The first-order valence-electron chi connectivity index (χ1n) is 6.78. The van der Waals surface area contributed by atoms with Crippen LogP contribution in [-0.2, 0) is 13.2 Å². The number of hydrogen-bond donors (Lipinski definition) is 1. The summed E-state index contributed by atoms with van der Waals surface area (Å²) < 4.78 is 12.4. The van der Waals surface area contributed by atoms with E-state index < -0.39 is 0 Å². The molecule has 1 heterocycles. The molecule has 1 aromatic heterocycles. The van der Waals surface area contributed by atoms with Crippen molar-refractivity contribution in [1.29, 1.82) is 0 Å². The van der Waals surface area contributed by atoms with Gasteiger partial charge in [-0.25, -0.2) is 0 Å². The summed E-state index contributed by atoms with van der Waals surface area (Å²) >= 11 is 3.48. The van der Waals surface area contributed by atoms with Crippen LogP contribution < -0.4 is 10.1 Å². The van der Waals surface area contributed by atoms with Crippen LogP contribution in [0.25, 0.3) is 10.8 Å². The SMILES string of the molecule is CNCc1occc1COc1ccc2cc(Br)ccc2c1. The Hall–Kier alpha value is -1.78. The van der Waals surface area contributed by atoms with Crippen LogP contribution in [0, 0.1) is 0 Å². The quantitative estimate of drug-likeness (QED) is 0.739. The predicted octanol–water partition coefficient (Wildman–Crippen LogP) is 4.49. The van der Waals surface area contributed by atoms with Crippen LogP contribution >= 0.6 is 15.9 Å². The molecule has 0 aliphatic rings. The molecule has 108 valence electrons. The van der Waals surface area contributed by atoms with Gasteiger partial charge < -0.3 is 14.5 Å². The molecule has 21 heavy (non-hydrogen) atoms. The maximum absolute atomic E-state index is 5.88. The topological polar surface area (TPSA) is 34.4 Å². The van der Waals surface area contributed by atoms with Crippen LogP contribution in [0.2, 0.25) is 0 Å². The van der Waals surface area contributed by atoms with Gasteiger partial charge in [0, 0.05) is 10.0 Å². The Balaban J connectivity index is 1.75. The third-order valence-electron chi connectivity index (χ3n) is 3.34. The lowest BCUT2D eigenvalue weighted by atomic mass is 10.1. The van der Waals surface area contributed by atoms with E-state index in [1.807, 2.05) is 25.2 Å². The number of halogens is 1. The first-order valence-corrected chi connectivity index (χ1v) is 7.57. The van der Waals surface area contributed by atoms with Crippen molar-refractivity contribution in [2.24, 2.45) is 0 Å². The standard InChI is InChI=1S/C17H16BrNO2/c1-19-10-17-14(6-7-20-17)11-21-16-5-3-12-8-15(18)4-2-13(12)9-16/h2-9,19H,10-11H2,1H3. The number of rotatable bonds is 5. The molecule has 3 rings (SSSR count). The zero-order valence-electron chi connectivity index (χ0n) is 11.7. The smallest absolute Gasteiger partial charge is 0.124 e. The minimum Gasteiger partial charge on any atom is -0.489 e. The van der Waals surface area contributed by atoms with Gasteiger partial charge in [0.25, 0.3) is 0 Å². The normalized spacial score (nSPS) is 11.0. The van der Waals surface area contributed by atoms with Crippen LogP contribution in [-0.4, -0.2) is 7.05 Å². The van der Waals surface area contributed by atoms with E-state index in [4.69, 9.17) is 9.15 Å². The first kappa shape index (κ1) is 14.2. The maximum Gasteiger partial charge on any atom is 0.124 e. The Morgan fingerprint density at radius 1 is 1.10 bits per heavy atom. The van der Waals surface area contributed by atoms with E-state index in [0.717, 1.165) is 21.5 Å². The molecule has 0 spiro atoms. The summed E-state index contributed by atoms with van der Waals surface area (Å²) in [6, 6.07) is 14.3. The number of benzene rings is 2. The Labute approximate surface area is 132 Å². The van der Waals surface area contributed by atoms with E-state index in [2.05, 4.69) is 45.5 Å². The number of hydrogen-bond acceptors (Lipinski definition) is 3. The van der Waals surface area contributed by atoms with Crippen molar-refractivity contribution >= 4 is 26.7 Å². The summed E-state index contributed by atoms with van der Waals surface area (Å²) in [5.74, 6) is 1.78. The molecule has 0 aliphatic heterocycles. The second kappa shape index (κ2) is 6.33. The van der Waals surface area contributed by atoms with Crippen molar-refractivity contribution in [2.45, 2.75) is 13.2 Å². The molecule has 0 saturated heterocycles. The summed E-state index contributed by atoms with van der Waals surface area (Å²) in [5.41, 5.74) is 1.07. The van der Waals surface area contributed by atoms with Gasteiger partial charge in [-0.1, -0.05) is 28.1 Å². The zero-order valence-corrected chi connectivity index (χ0v) is 13.3. The fourth-order valence-electron chi connectivity index (χ4n) is 2.26. The minimum absolute atomic E-state index is 0.509. The zero-order chi connectivity index (χ0) is 14.7. The highest BCUT2D eigenvalue weighted by molar-refractivity contribution is 9.10. The molecule has 4 heteroatoms. The minimum atomic E-state index is 0.509. The summed E-state index contributed by atoms with van der Waals surface area (Å²) in [6.45, 7) is 1.22. The number of nitrogens with one attached hydrogen (secondary N) is 1. The van der Waals surface area contributed by atoms with E-state index in [0.29, 0.717) is 13.2 Å². The van der Waals surface area contributed by atoms with Crippen molar-refractivity contribution in [3.63, 3.8) is 0 Å². The van der Waals surface area contributed by atoms with Gasteiger partial charge in [-0.05, 0) is 48.2 Å². The van der Waals surface area contributed by atoms with E-state index in [1.54, 1.807) is 6.26 Å². The van der Waals surface area contributed by atoms with Crippen molar-refractivity contribution < 1.29 is 9.15 Å². The third kappa shape index (κ3) is 3.28. The Bertz CT molecular complexity index is 751. The van der Waals surface area contributed by atoms with E-state index in [-0.39, 0.29) is 0 Å². The van der Waals surface area contributed by atoms with E-state index in [1.165, 1.54) is 10.8 Å². The molecule has 0 bridgehead atoms. The summed E-state index contributed by atoms with van der Waals surface area (Å²) in [5, 5.41) is 5.44. The van der Waals surface area contributed by atoms with E-state index in [9.17, 15) is 0 Å². The van der Waals surface area contributed by atoms with Crippen molar-refractivity contribution in [2.75, 3.05) is 7.05 Å². The lowest BCUT2D eigenvalue weighted by molar-refractivity contribution is 0.302. The van der Waals surface area contributed by atoms with Crippen LogP contribution in [0.3, 0.4) is 0 Å².